The Morgan fingerprint density at radius 2 is 2.25 bits per heavy atom. The number of amides is 2. The Labute approximate surface area is 80.8 Å². The molecule has 1 fully saturated rings. The zero-order valence-electron chi connectivity index (χ0n) is 7.01. The molecule has 1 aliphatic heterocycles. The maximum absolute atomic E-state index is 11.3. The fraction of sp³-hybridized carbons (Fsp3) is 0.625. The number of hydrogen-bond acceptors (Lipinski definition) is 1. The van der Waals surface area contributed by atoms with Crippen LogP contribution in [-0.4, -0.2) is 47.8 Å². The standard InChI is InChI=1S/C8H11BrN2O/c1-10-6-7-11(8(10)12)5-3-2-4-9/h4-7H2,1H3. The van der Waals surface area contributed by atoms with Crippen LogP contribution in [0, 0.1) is 11.8 Å². The van der Waals surface area contributed by atoms with E-state index in [1.54, 1.807) is 16.8 Å². The molecule has 1 aliphatic rings. The van der Waals surface area contributed by atoms with Gasteiger partial charge in [0.2, 0.25) is 0 Å². The third kappa shape index (κ3) is 2.15. The van der Waals surface area contributed by atoms with Gasteiger partial charge < -0.3 is 9.80 Å². The van der Waals surface area contributed by atoms with Crippen molar-refractivity contribution in [3.63, 3.8) is 0 Å². The van der Waals surface area contributed by atoms with Gasteiger partial charge in [-0.15, -0.1) is 0 Å². The molecule has 1 heterocycles. The first kappa shape index (κ1) is 9.40. The molecule has 0 unspecified atom stereocenters. The molecule has 1 rings (SSSR count). The molecule has 3 nitrogen and oxygen atoms in total. The molecule has 66 valence electrons. The van der Waals surface area contributed by atoms with Crippen LogP contribution in [0.3, 0.4) is 0 Å². The molecular formula is C8H11BrN2O. The van der Waals surface area contributed by atoms with Crippen LogP contribution in [0.15, 0.2) is 0 Å². The lowest BCUT2D eigenvalue weighted by Crippen LogP contribution is -2.29. The summed E-state index contributed by atoms with van der Waals surface area (Å²) in [6.07, 6.45) is 0. The first-order valence-electron chi connectivity index (χ1n) is 3.77. The van der Waals surface area contributed by atoms with Gasteiger partial charge in [0, 0.05) is 20.1 Å². The molecule has 4 heteroatoms. The van der Waals surface area contributed by atoms with Crippen molar-refractivity contribution in [2.24, 2.45) is 0 Å². The molecule has 2 amide bonds. The van der Waals surface area contributed by atoms with E-state index in [2.05, 4.69) is 27.8 Å². The Bertz CT molecular complexity index is 231. The highest BCUT2D eigenvalue weighted by Crippen LogP contribution is 2.03. The fourth-order valence-corrected chi connectivity index (χ4v) is 1.25. The molecule has 0 atom stereocenters. The minimum absolute atomic E-state index is 0.0823. The SMILES string of the molecule is CN1CCN(CC#CCBr)C1=O. The molecular weight excluding hydrogens is 220 g/mol. The van der Waals surface area contributed by atoms with E-state index in [1.807, 2.05) is 0 Å². The van der Waals surface area contributed by atoms with Crippen molar-refractivity contribution in [1.82, 2.24) is 9.80 Å². The van der Waals surface area contributed by atoms with Crippen molar-refractivity contribution in [3.8, 4) is 11.8 Å². The van der Waals surface area contributed by atoms with E-state index >= 15 is 0 Å². The van der Waals surface area contributed by atoms with Crippen LogP contribution in [0.5, 0.6) is 0 Å². The van der Waals surface area contributed by atoms with Crippen LogP contribution in [0.4, 0.5) is 4.79 Å². The summed E-state index contributed by atoms with van der Waals surface area (Å²) in [5.41, 5.74) is 0. The highest BCUT2D eigenvalue weighted by atomic mass is 79.9. The summed E-state index contributed by atoms with van der Waals surface area (Å²) in [7, 11) is 1.81. The van der Waals surface area contributed by atoms with Crippen LogP contribution < -0.4 is 0 Å². The van der Waals surface area contributed by atoms with Gasteiger partial charge in [-0.2, -0.15) is 0 Å². The predicted molar refractivity (Wildman–Crippen MR) is 51.2 cm³/mol. The van der Waals surface area contributed by atoms with E-state index in [4.69, 9.17) is 0 Å². The van der Waals surface area contributed by atoms with Crippen LogP contribution in [0.25, 0.3) is 0 Å². The molecule has 0 aliphatic carbocycles. The maximum Gasteiger partial charge on any atom is 0.320 e. The van der Waals surface area contributed by atoms with E-state index < -0.39 is 0 Å². The third-order valence-electron chi connectivity index (χ3n) is 1.76. The van der Waals surface area contributed by atoms with E-state index in [1.165, 1.54) is 0 Å². The monoisotopic (exact) mass is 230 g/mol. The molecule has 1 saturated heterocycles. The van der Waals surface area contributed by atoms with Gasteiger partial charge in [-0.25, -0.2) is 4.79 Å². The molecule has 0 radical (unpaired) electrons. The summed E-state index contributed by atoms with van der Waals surface area (Å²) in [6, 6.07) is 0.0823. The van der Waals surface area contributed by atoms with Gasteiger partial charge in [0.1, 0.15) is 0 Å². The number of rotatable bonds is 1. The zero-order valence-corrected chi connectivity index (χ0v) is 8.60. The minimum atomic E-state index is 0.0823. The van der Waals surface area contributed by atoms with Crippen molar-refractivity contribution in [3.05, 3.63) is 0 Å². The summed E-state index contributed by atoms with van der Waals surface area (Å²) < 4.78 is 0. The number of urea groups is 1. The number of carbonyl (C=O) groups is 1. The van der Waals surface area contributed by atoms with Gasteiger partial charge in [0.15, 0.2) is 0 Å². The number of likely N-dealkylation sites (N-methyl/N-ethyl adjacent to an activating group) is 1. The van der Waals surface area contributed by atoms with Crippen molar-refractivity contribution < 1.29 is 4.79 Å². The number of halogens is 1. The average molecular weight is 231 g/mol. The normalized spacial score (nSPS) is 16.3. The fourth-order valence-electron chi connectivity index (χ4n) is 1.05. The van der Waals surface area contributed by atoms with E-state index in [0.717, 1.165) is 13.1 Å². The van der Waals surface area contributed by atoms with Crippen LogP contribution in [0.2, 0.25) is 0 Å². The molecule has 12 heavy (non-hydrogen) atoms. The molecule has 0 bridgehead atoms. The summed E-state index contributed by atoms with van der Waals surface area (Å²) in [5, 5.41) is 0.671. The van der Waals surface area contributed by atoms with Crippen molar-refractivity contribution in [2.45, 2.75) is 0 Å². The van der Waals surface area contributed by atoms with Gasteiger partial charge in [-0.05, 0) is 0 Å². The average Bonchev–Trinajstić information content (AvgIpc) is 2.36. The first-order valence-corrected chi connectivity index (χ1v) is 4.89. The number of nitrogens with zero attached hydrogens (tertiary/aromatic N) is 2. The predicted octanol–water partition coefficient (Wildman–Crippen LogP) is 0.752. The lowest BCUT2D eigenvalue weighted by molar-refractivity contribution is 0.202. The summed E-state index contributed by atoms with van der Waals surface area (Å²) in [6.45, 7) is 2.16. The van der Waals surface area contributed by atoms with Gasteiger partial charge >= 0.3 is 6.03 Å². The van der Waals surface area contributed by atoms with Crippen LogP contribution in [-0.2, 0) is 0 Å². The van der Waals surface area contributed by atoms with Gasteiger partial charge in [-0.3, -0.25) is 0 Å². The van der Waals surface area contributed by atoms with Crippen LogP contribution in [0.1, 0.15) is 0 Å². The highest BCUT2D eigenvalue weighted by Gasteiger charge is 2.23. The Morgan fingerprint density at radius 3 is 2.75 bits per heavy atom. The lowest BCUT2D eigenvalue weighted by Gasteiger charge is -2.11. The van der Waals surface area contributed by atoms with Crippen molar-refractivity contribution in [1.29, 1.82) is 0 Å². The Kier molecular flexibility index (Phi) is 3.42. The Morgan fingerprint density at radius 1 is 1.50 bits per heavy atom. The molecule has 0 N–H and O–H groups in total. The smallest absolute Gasteiger partial charge is 0.320 e. The van der Waals surface area contributed by atoms with E-state index in [0.29, 0.717) is 11.9 Å². The van der Waals surface area contributed by atoms with Gasteiger partial charge in [-0.1, -0.05) is 27.8 Å². The second-order valence-corrected chi connectivity index (χ2v) is 3.17. The summed E-state index contributed by atoms with van der Waals surface area (Å²) in [4.78, 5) is 14.7. The van der Waals surface area contributed by atoms with Gasteiger partial charge in [0.05, 0.1) is 11.9 Å². The number of carbonyl (C=O) groups excluding carboxylic acids is 1. The molecule has 0 aromatic carbocycles. The number of alkyl halides is 1. The lowest BCUT2D eigenvalue weighted by atomic mass is 10.5. The largest absolute Gasteiger partial charge is 0.326 e. The van der Waals surface area contributed by atoms with Crippen molar-refractivity contribution >= 4 is 22.0 Å². The second-order valence-electron chi connectivity index (χ2n) is 2.61. The molecule has 0 saturated carbocycles. The molecule has 0 spiro atoms. The van der Waals surface area contributed by atoms with E-state index in [9.17, 15) is 4.79 Å². The summed E-state index contributed by atoms with van der Waals surface area (Å²) in [5.74, 6) is 5.77. The maximum atomic E-state index is 11.3. The Balaban J connectivity index is 2.39. The molecule has 0 aromatic heterocycles. The Hall–Kier alpha value is -0.690. The quantitative estimate of drug-likeness (QED) is 0.482. The summed E-state index contributed by atoms with van der Waals surface area (Å²) >= 11 is 3.20. The third-order valence-corrected chi connectivity index (χ3v) is 2.04. The van der Waals surface area contributed by atoms with Gasteiger partial charge in [0.25, 0.3) is 0 Å². The van der Waals surface area contributed by atoms with Crippen LogP contribution >= 0.6 is 15.9 Å². The minimum Gasteiger partial charge on any atom is -0.326 e. The zero-order chi connectivity index (χ0) is 8.97. The van der Waals surface area contributed by atoms with Crippen molar-refractivity contribution in [2.75, 3.05) is 32.0 Å². The molecule has 0 aromatic rings. The highest BCUT2D eigenvalue weighted by molar-refractivity contribution is 9.09. The second kappa shape index (κ2) is 4.36. The van der Waals surface area contributed by atoms with E-state index in [-0.39, 0.29) is 6.03 Å². The first-order chi connectivity index (χ1) is 5.75. The number of hydrogen-bond donors (Lipinski definition) is 0. The topological polar surface area (TPSA) is 23.6 Å².